The third kappa shape index (κ3) is 4.99. The van der Waals surface area contributed by atoms with Gasteiger partial charge in [0.2, 0.25) is 0 Å². The van der Waals surface area contributed by atoms with Gasteiger partial charge in [-0.25, -0.2) is 14.9 Å². The number of urea groups is 1. The molecule has 0 aliphatic carbocycles. The number of likely N-dealkylation sites (tertiary alicyclic amines) is 1. The van der Waals surface area contributed by atoms with E-state index in [-0.39, 0.29) is 23.7 Å². The number of carbonyl (C=O) groups is 1. The first-order chi connectivity index (χ1) is 17.5. The quantitative estimate of drug-likeness (QED) is 0.664. The van der Waals surface area contributed by atoms with Gasteiger partial charge >= 0.3 is 6.03 Å². The highest BCUT2D eigenvalue weighted by Crippen LogP contribution is 2.27. The summed E-state index contributed by atoms with van der Waals surface area (Å²) in [6.45, 7) is 7.31. The number of nitrogens with one attached hydrogen (secondary N) is 1. The number of H-pyrrole nitrogens is 1. The Morgan fingerprint density at radius 2 is 1.97 bits per heavy atom. The molecule has 1 N–H and O–H groups in total. The predicted molar refractivity (Wildman–Crippen MR) is 134 cm³/mol. The van der Waals surface area contributed by atoms with Crippen molar-refractivity contribution < 1.29 is 9.53 Å². The molecule has 2 atom stereocenters. The summed E-state index contributed by atoms with van der Waals surface area (Å²) in [5.74, 6) is 0.836. The minimum absolute atomic E-state index is 0.0268. The van der Waals surface area contributed by atoms with Crippen molar-refractivity contribution in [2.75, 3.05) is 62.2 Å². The molecular formula is C25H32N8O3. The van der Waals surface area contributed by atoms with E-state index in [0.29, 0.717) is 57.0 Å². The van der Waals surface area contributed by atoms with Crippen LogP contribution in [0.5, 0.6) is 0 Å². The fourth-order valence-corrected chi connectivity index (χ4v) is 5.32. The van der Waals surface area contributed by atoms with E-state index in [1.807, 2.05) is 22.8 Å². The molecule has 3 aliphatic heterocycles. The van der Waals surface area contributed by atoms with E-state index in [9.17, 15) is 9.59 Å². The standard InChI is InChI=1S/C25H32N8O3/c1-18-22(15-28-29-24(18)34)33-7-2-3-20(33)17-36-21-6-8-32(16-21)25(35)31-11-9-30(10-12-31)23-5-4-19(13-26)14-27-23/h4-5,14-15,20-21H,2-3,6-12,16-17H2,1H3,(H,29,34)/t20-,21+/m0/s1. The lowest BCUT2D eigenvalue weighted by Gasteiger charge is -2.37. The van der Waals surface area contributed by atoms with Gasteiger partial charge in [0.25, 0.3) is 5.56 Å². The second kappa shape index (κ2) is 10.5. The van der Waals surface area contributed by atoms with Crippen LogP contribution in [0.1, 0.15) is 30.4 Å². The van der Waals surface area contributed by atoms with Gasteiger partial charge in [0.05, 0.1) is 36.2 Å². The zero-order chi connectivity index (χ0) is 25.1. The Bertz CT molecular complexity index is 1170. The molecule has 3 aliphatic rings. The summed E-state index contributed by atoms with van der Waals surface area (Å²) in [6, 6.07) is 5.99. The molecular weight excluding hydrogens is 460 g/mol. The summed E-state index contributed by atoms with van der Waals surface area (Å²) < 4.78 is 6.27. The van der Waals surface area contributed by atoms with Crippen molar-refractivity contribution in [3.05, 3.63) is 46.0 Å². The van der Waals surface area contributed by atoms with Gasteiger partial charge in [-0.1, -0.05) is 0 Å². The molecule has 190 valence electrons. The molecule has 0 aromatic carbocycles. The highest BCUT2D eigenvalue weighted by Gasteiger charge is 2.33. The molecule has 2 amide bonds. The van der Waals surface area contributed by atoms with Gasteiger partial charge in [0.1, 0.15) is 11.9 Å². The first-order valence-corrected chi connectivity index (χ1v) is 12.6. The molecule has 0 saturated carbocycles. The number of ether oxygens (including phenoxy) is 1. The smallest absolute Gasteiger partial charge is 0.320 e. The Morgan fingerprint density at radius 1 is 1.14 bits per heavy atom. The summed E-state index contributed by atoms with van der Waals surface area (Å²) in [5, 5.41) is 15.4. The zero-order valence-electron chi connectivity index (χ0n) is 20.6. The summed E-state index contributed by atoms with van der Waals surface area (Å²) in [4.78, 5) is 37.7. The van der Waals surface area contributed by atoms with E-state index in [2.05, 4.69) is 31.1 Å². The lowest BCUT2D eigenvalue weighted by atomic mass is 10.2. The van der Waals surface area contributed by atoms with Crippen LogP contribution in [0.3, 0.4) is 0 Å². The molecule has 36 heavy (non-hydrogen) atoms. The average molecular weight is 493 g/mol. The molecule has 3 saturated heterocycles. The number of rotatable bonds is 5. The Morgan fingerprint density at radius 3 is 2.72 bits per heavy atom. The number of nitriles is 1. The van der Waals surface area contributed by atoms with E-state index in [1.165, 1.54) is 0 Å². The number of nitrogens with zero attached hydrogens (tertiary/aromatic N) is 7. The number of amides is 2. The third-order valence-corrected chi connectivity index (χ3v) is 7.46. The van der Waals surface area contributed by atoms with Crippen LogP contribution in [-0.2, 0) is 4.74 Å². The molecule has 0 radical (unpaired) electrons. The lowest BCUT2D eigenvalue weighted by Crippen LogP contribution is -2.52. The summed E-state index contributed by atoms with van der Waals surface area (Å²) in [6.07, 6.45) is 6.24. The molecule has 3 fully saturated rings. The maximum absolute atomic E-state index is 13.1. The fourth-order valence-electron chi connectivity index (χ4n) is 5.32. The minimum Gasteiger partial charge on any atom is -0.374 e. The van der Waals surface area contributed by atoms with Crippen LogP contribution < -0.4 is 15.4 Å². The number of aromatic amines is 1. The molecule has 5 heterocycles. The van der Waals surface area contributed by atoms with E-state index in [0.717, 1.165) is 37.3 Å². The molecule has 0 spiro atoms. The van der Waals surface area contributed by atoms with Crippen LogP contribution in [0, 0.1) is 18.3 Å². The Labute approximate surface area is 210 Å². The Balaban J connectivity index is 1.09. The average Bonchev–Trinajstić information content (AvgIpc) is 3.58. The van der Waals surface area contributed by atoms with Crippen molar-refractivity contribution in [2.24, 2.45) is 0 Å². The Kier molecular flexibility index (Phi) is 7.04. The second-order valence-electron chi connectivity index (χ2n) is 9.66. The lowest BCUT2D eigenvalue weighted by molar-refractivity contribution is 0.0509. The van der Waals surface area contributed by atoms with Gasteiger partial charge in [-0.15, -0.1) is 0 Å². The van der Waals surface area contributed by atoms with Crippen LogP contribution >= 0.6 is 0 Å². The van der Waals surface area contributed by atoms with Crippen molar-refractivity contribution >= 4 is 17.5 Å². The molecule has 5 rings (SSSR count). The maximum atomic E-state index is 13.1. The highest BCUT2D eigenvalue weighted by atomic mass is 16.5. The fraction of sp³-hybridized carbons (Fsp3) is 0.560. The van der Waals surface area contributed by atoms with Gasteiger partial charge < -0.3 is 24.3 Å². The van der Waals surface area contributed by atoms with Gasteiger partial charge in [-0.3, -0.25) is 4.79 Å². The highest BCUT2D eigenvalue weighted by molar-refractivity contribution is 5.75. The van der Waals surface area contributed by atoms with E-state index >= 15 is 0 Å². The third-order valence-electron chi connectivity index (χ3n) is 7.46. The van der Waals surface area contributed by atoms with Crippen molar-refractivity contribution in [3.63, 3.8) is 0 Å². The summed E-state index contributed by atoms with van der Waals surface area (Å²) >= 11 is 0. The number of anilines is 2. The van der Waals surface area contributed by atoms with Gasteiger partial charge in [0.15, 0.2) is 0 Å². The predicted octanol–water partition coefficient (Wildman–Crippen LogP) is 1.35. The van der Waals surface area contributed by atoms with Crippen LogP contribution in [0.15, 0.2) is 29.3 Å². The van der Waals surface area contributed by atoms with E-state index in [4.69, 9.17) is 10.00 Å². The minimum atomic E-state index is -0.155. The van der Waals surface area contributed by atoms with E-state index < -0.39 is 0 Å². The molecule has 0 unspecified atom stereocenters. The number of piperazine rings is 1. The van der Waals surface area contributed by atoms with Crippen LogP contribution in [0.2, 0.25) is 0 Å². The van der Waals surface area contributed by atoms with E-state index in [1.54, 1.807) is 18.5 Å². The largest absolute Gasteiger partial charge is 0.374 e. The molecule has 2 aromatic heterocycles. The normalized spacial score (nSPS) is 22.2. The number of hydrogen-bond acceptors (Lipinski definition) is 8. The van der Waals surface area contributed by atoms with Gasteiger partial charge in [0, 0.05) is 57.6 Å². The first kappa shape index (κ1) is 24.1. The number of pyridine rings is 1. The van der Waals surface area contributed by atoms with Crippen molar-refractivity contribution in [1.82, 2.24) is 25.0 Å². The zero-order valence-corrected chi connectivity index (χ0v) is 20.6. The molecule has 11 heteroatoms. The van der Waals surface area contributed by atoms with Crippen molar-refractivity contribution in [2.45, 2.75) is 38.3 Å². The first-order valence-electron chi connectivity index (χ1n) is 12.6. The second-order valence-corrected chi connectivity index (χ2v) is 9.66. The topological polar surface area (TPSA) is 122 Å². The molecule has 0 bridgehead atoms. The SMILES string of the molecule is Cc1c(N2CCC[C@H]2CO[C@@H]2CCN(C(=O)N3CCN(c4ccc(C#N)cn4)CC3)C2)cn[nH]c1=O. The van der Waals surface area contributed by atoms with Crippen molar-refractivity contribution in [3.8, 4) is 6.07 Å². The summed E-state index contributed by atoms with van der Waals surface area (Å²) in [7, 11) is 0. The van der Waals surface area contributed by atoms with Crippen LogP contribution in [0.4, 0.5) is 16.3 Å². The number of carbonyl (C=O) groups excluding carboxylic acids is 1. The van der Waals surface area contributed by atoms with Gasteiger partial charge in [-0.2, -0.15) is 10.4 Å². The number of hydrogen-bond donors (Lipinski definition) is 1. The summed E-state index contributed by atoms with van der Waals surface area (Å²) in [5.41, 5.74) is 1.95. The van der Waals surface area contributed by atoms with Gasteiger partial charge in [-0.05, 0) is 38.3 Å². The Hall–Kier alpha value is -3.65. The van der Waals surface area contributed by atoms with Crippen LogP contribution in [-0.4, -0.2) is 95.6 Å². The maximum Gasteiger partial charge on any atom is 0.320 e. The molecule has 2 aromatic rings. The number of aromatic nitrogens is 3. The monoisotopic (exact) mass is 492 g/mol. The molecule has 11 nitrogen and oxygen atoms in total. The van der Waals surface area contributed by atoms with Crippen LogP contribution in [0.25, 0.3) is 0 Å². The van der Waals surface area contributed by atoms with Crippen molar-refractivity contribution in [1.29, 1.82) is 5.26 Å².